The second kappa shape index (κ2) is 5.72. The van der Waals surface area contributed by atoms with Crippen molar-refractivity contribution in [2.75, 3.05) is 6.54 Å². The summed E-state index contributed by atoms with van der Waals surface area (Å²) in [6.45, 7) is 4.67. The monoisotopic (exact) mass is 196 g/mol. The zero-order valence-corrected chi connectivity index (χ0v) is 8.10. The molecule has 0 aliphatic heterocycles. The summed E-state index contributed by atoms with van der Waals surface area (Å²) in [6.07, 6.45) is 0.515. The summed E-state index contributed by atoms with van der Waals surface area (Å²) in [4.78, 5) is 0. The van der Waals surface area contributed by atoms with Gasteiger partial charge in [0.1, 0.15) is 5.97 Å². The fraction of sp³-hybridized carbons (Fsp3) is 1.00. The van der Waals surface area contributed by atoms with E-state index in [9.17, 15) is 5.11 Å². The first-order valence-electron chi connectivity index (χ1n) is 3.94. The number of aliphatic hydroxyl groups is 1. The predicted octanol–water partition coefficient (Wildman–Crippen LogP) is -0.0586. The third-order valence-electron chi connectivity index (χ3n) is 1.34. The molecule has 0 aliphatic rings. The van der Waals surface area contributed by atoms with Gasteiger partial charge in [-0.2, -0.15) is 0 Å². The zero-order chi connectivity index (χ0) is 9.61. The number of halogens is 1. The smallest absolute Gasteiger partial charge is 0.117 e. The Bertz CT molecular complexity index is 119. The van der Waals surface area contributed by atoms with Crippen LogP contribution in [0.5, 0.6) is 0 Å². The first kappa shape index (κ1) is 12.1. The van der Waals surface area contributed by atoms with Crippen LogP contribution >= 0.6 is 11.9 Å². The minimum absolute atomic E-state index is 0.0176. The first-order chi connectivity index (χ1) is 5.48. The largest absolute Gasteiger partial charge is 0.805 e. The van der Waals surface area contributed by atoms with Crippen LogP contribution in [-0.4, -0.2) is 23.7 Å². The van der Waals surface area contributed by atoms with Crippen molar-refractivity contribution in [3.8, 4) is 0 Å². The number of hydrogen-bond acceptors (Lipinski definition) is 4. The highest BCUT2D eigenvalue weighted by Crippen LogP contribution is 2.08. The van der Waals surface area contributed by atoms with Crippen molar-refractivity contribution in [1.82, 2.24) is 5.32 Å². The lowest BCUT2D eigenvalue weighted by Crippen LogP contribution is -2.44. The average molecular weight is 197 g/mol. The van der Waals surface area contributed by atoms with E-state index in [0.29, 0.717) is 19.0 Å². The molecule has 0 spiro atoms. The Morgan fingerprint density at radius 3 is 2.67 bits per heavy atom. The molecule has 0 fully saturated rings. The summed E-state index contributed by atoms with van der Waals surface area (Å²) in [7, 11) is 0. The molecule has 0 aromatic heterocycles. The zero-order valence-electron chi connectivity index (χ0n) is 7.34. The minimum Gasteiger partial charge on any atom is -0.805 e. The molecule has 0 heterocycles. The van der Waals surface area contributed by atoms with E-state index >= 15 is 0 Å². The van der Waals surface area contributed by atoms with Crippen LogP contribution in [-0.2, 0) is 4.29 Å². The van der Waals surface area contributed by atoms with Crippen LogP contribution in [0, 0.1) is 0 Å². The van der Waals surface area contributed by atoms with E-state index in [4.69, 9.17) is 17.0 Å². The molecule has 74 valence electrons. The van der Waals surface area contributed by atoms with E-state index in [1.54, 1.807) is 0 Å². The maximum absolute atomic E-state index is 10.7. The Labute approximate surface area is 77.7 Å². The molecular formula is C7H15ClNO3-. The summed E-state index contributed by atoms with van der Waals surface area (Å²) in [5, 5.41) is 22.5. The summed E-state index contributed by atoms with van der Waals surface area (Å²) in [5.41, 5.74) is 0. The molecule has 0 saturated heterocycles. The normalized spacial score (nSPS) is 16.5. The molecule has 12 heavy (non-hydrogen) atoms. The van der Waals surface area contributed by atoms with Gasteiger partial charge in [0.15, 0.2) is 0 Å². The summed E-state index contributed by atoms with van der Waals surface area (Å²) >= 11 is 4.75. The van der Waals surface area contributed by atoms with E-state index in [0.717, 1.165) is 0 Å². The molecule has 0 bridgehead atoms. The predicted molar refractivity (Wildman–Crippen MR) is 44.3 cm³/mol. The Hall–Kier alpha value is 0.130. The van der Waals surface area contributed by atoms with E-state index in [1.807, 2.05) is 13.8 Å². The second-order valence-electron chi connectivity index (χ2n) is 3.00. The third-order valence-corrected chi connectivity index (χ3v) is 1.58. The van der Waals surface area contributed by atoms with Crippen LogP contribution < -0.4 is 10.4 Å². The molecule has 5 heteroatoms. The highest BCUT2D eigenvalue weighted by atomic mass is 35.5. The van der Waals surface area contributed by atoms with Crippen molar-refractivity contribution in [2.45, 2.75) is 38.7 Å². The van der Waals surface area contributed by atoms with Crippen molar-refractivity contribution in [1.29, 1.82) is 0 Å². The van der Waals surface area contributed by atoms with Crippen LogP contribution in [0.1, 0.15) is 26.7 Å². The number of nitrogens with one attached hydrogen (secondary N) is 1. The molecule has 0 saturated carbocycles. The lowest BCUT2D eigenvalue weighted by molar-refractivity contribution is -0.610. The maximum Gasteiger partial charge on any atom is 0.117 e. The van der Waals surface area contributed by atoms with Gasteiger partial charge in [0, 0.05) is 6.04 Å². The highest BCUT2D eigenvalue weighted by molar-refractivity contribution is 6.07. The van der Waals surface area contributed by atoms with Gasteiger partial charge in [-0.25, -0.2) is 0 Å². The SMILES string of the molecule is CC(C)NCCCC([O-])(O)OCl. The van der Waals surface area contributed by atoms with E-state index in [-0.39, 0.29) is 6.42 Å². The molecule has 0 aliphatic carbocycles. The highest BCUT2D eigenvalue weighted by Gasteiger charge is 2.11. The first-order valence-corrected chi connectivity index (χ1v) is 4.25. The molecule has 0 rings (SSSR count). The Morgan fingerprint density at radius 2 is 2.25 bits per heavy atom. The molecule has 0 radical (unpaired) electrons. The third kappa shape index (κ3) is 6.82. The van der Waals surface area contributed by atoms with Crippen LogP contribution in [0.25, 0.3) is 0 Å². The van der Waals surface area contributed by atoms with Crippen molar-refractivity contribution < 1.29 is 14.5 Å². The van der Waals surface area contributed by atoms with Gasteiger partial charge in [-0.3, -0.25) is 4.29 Å². The fourth-order valence-electron chi connectivity index (χ4n) is 0.741. The summed E-state index contributed by atoms with van der Waals surface area (Å²) in [6, 6.07) is 0.377. The number of hydrogen-bond donors (Lipinski definition) is 2. The molecule has 2 N–H and O–H groups in total. The average Bonchev–Trinajstić information content (AvgIpc) is 1.98. The summed E-state index contributed by atoms with van der Waals surface area (Å²) in [5.74, 6) is -2.44. The molecule has 4 nitrogen and oxygen atoms in total. The fourth-order valence-corrected chi connectivity index (χ4v) is 0.818. The van der Waals surface area contributed by atoms with E-state index in [2.05, 4.69) is 9.61 Å². The Balaban J connectivity index is 3.31. The van der Waals surface area contributed by atoms with Crippen molar-refractivity contribution in [3.63, 3.8) is 0 Å². The second-order valence-corrected chi connectivity index (χ2v) is 3.16. The number of rotatable bonds is 6. The molecule has 1 atom stereocenters. The molecule has 1 unspecified atom stereocenters. The van der Waals surface area contributed by atoms with Gasteiger partial charge in [0.25, 0.3) is 0 Å². The van der Waals surface area contributed by atoms with Crippen LogP contribution in [0.4, 0.5) is 0 Å². The molecule has 0 aromatic rings. The van der Waals surface area contributed by atoms with Gasteiger partial charge >= 0.3 is 0 Å². The standard InChI is InChI=1S/C7H15ClNO3/c1-6(2)9-5-3-4-7(10,11)12-8/h6,9-10H,3-5H2,1-2H3/q-1. The van der Waals surface area contributed by atoms with Crippen molar-refractivity contribution in [2.24, 2.45) is 0 Å². The minimum atomic E-state index is -2.44. The van der Waals surface area contributed by atoms with Gasteiger partial charge in [-0.1, -0.05) is 13.8 Å². The Kier molecular flexibility index (Phi) is 5.78. The summed E-state index contributed by atoms with van der Waals surface area (Å²) < 4.78 is 3.79. The quantitative estimate of drug-likeness (QED) is 0.462. The van der Waals surface area contributed by atoms with Gasteiger partial charge in [0.05, 0.1) is 11.9 Å². The Morgan fingerprint density at radius 1 is 1.67 bits per heavy atom. The lowest BCUT2D eigenvalue weighted by atomic mass is 10.2. The molecule has 0 amide bonds. The topological polar surface area (TPSA) is 64.5 Å². The van der Waals surface area contributed by atoms with Crippen molar-refractivity contribution in [3.05, 3.63) is 0 Å². The van der Waals surface area contributed by atoms with Crippen LogP contribution in [0.2, 0.25) is 0 Å². The van der Waals surface area contributed by atoms with Gasteiger partial charge in [-0.05, 0) is 19.4 Å². The lowest BCUT2D eigenvalue weighted by Gasteiger charge is -2.30. The van der Waals surface area contributed by atoms with Gasteiger partial charge < -0.3 is 15.5 Å². The molecule has 0 aromatic carbocycles. The van der Waals surface area contributed by atoms with E-state index in [1.165, 1.54) is 0 Å². The maximum atomic E-state index is 10.7. The van der Waals surface area contributed by atoms with Crippen LogP contribution in [0.15, 0.2) is 0 Å². The van der Waals surface area contributed by atoms with Crippen molar-refractivity contribution >= 4 is 11.9 Å². The van der Waals surface area contributed by atoms with Gasteiger partial charge in [-0.15, -0.1) is 0 Å². The van der Waals surface area contributed by atoms with Crippen LogP contribution in [0.3, 0.4) is 0 Å². The molecular weight excluding hydrogens is 182 g/mol. The van der Waals surface area contributed by atoms with E-state index < -0.39 is 5.97 Å². The van der Waals surface area contributed by atoms with Gasteiger partial charge in [0.2, 0.25) is 0 Å².